The molecule has 2 amide bonds. The van der Waals surface area contributed by atoms with Crippen molar-refractivity contribution in [3.05, 3.63) is 52.8 Å². The van der Waals surface area contributed by atoms with Gasteiger partial charge in [-0.05, 0) is 45.2 Å². The maximum Gasteiger partial charge on any atom is 0.259 e. The molecule has 0 bridgehead atoms. The number of benzene rings is 1. The summed E-state index contributed by atoms with van der Waals surface area (Å²) in [6.07, 6.45) is 6.91. The molecule has 0 aliphatic heterocycles. The van der Waals surface area contributed by atoms with Gasteiger partial charge >= 0.3 is 0 Å². The van der Waals surface area contributed by atoms with Crippen LogP contribution in [0.25, 0.3) is 0 Å². The highest BCUT2D eigenvalue weighted by atomic mass is 16.5. The quantitative estimate of drug-likeness (QED) is 0.632. The second kappa shape index (κ2) is 10.7. The Bertz CT molecular complexity index is 942. The lowest BCUT2D eigenvalue weighted by Gasteiger charge is -2.26. The number of hydrogen-bond acceptors (Lipinski definition) is 3. The first-order valence-electron chi connectivity index (χ1n) is 11.7. The van der Waals surface area contributed by atoms with Gasteiger partial charge in [-0.3, -0.25) is 9.59 Å². The summed E-state index contributed by atoms with van der Waals surface area (Å²) in [4.78, 5) is 26.8. The predicted molar refractivity (Wildman–Crippen MR) is 127 cm³/mol. The fourth-order valence-corrected chi connectivity index (χ4v) is 4.71. The summed E-state index contributed by atoms with van der Waals surface area (Å²) in [5, 5.41) is 3.21. The van der Waals surface area contributed by atoms with Crippen molar-refractivity contribution in [3.63, 3.8) is 0 Å². The van der Waals surface area contributed by atoms with E-state index in [0.717, 1.165) is 28.9 Å². The number of aryl methyl sites for hydroxylation is 1. The van der Waals surface area contributed by atoms with Crippen LogP contribution in [0, 0.1) is 13.8 Å². The zero-order valence-corrected chi connectivity index (χ0v) is 20.1. The molecular formula is C26H37N3O3. The van der Waals surface area contributed by atoms with Crippen LogP contribution in [-0.4, -0.2) is 42.0 Å². The van der Waals surface area contributed by atoms with Crippen LogP contribution in [0.1, 0.15) is 84.8 Å². The predicted octanol–water partition coefficient (Wildman–Crippen LogP) is 4.96. The molecule has 174 valence electrons. The van der Waals surface area contributed by atoms with Gasteiger partial charge in [-0.2, -0.15) is 0 Å². The van der Waals surface area contributed by atoms with Gasteiger partial charge in [0.15, 0.2) is 6.61 Å². The Labute approximate surface area is 191 Å². The van der Waals surface area contributed by atoms with E-state index in [9.17, 15) is 9.59 Å². The highest BCUT2D eigenvalue weighted by Gasteiger charge is 2.25. The summed E-state index contributed by atoms with van der Waals surface area (Å²) in [7, 11) is 3.41. The van der Waals surface area contributed by atoms with Crippen molar-refractivity contribution >= 4 is 11.8 Å². The number of nitrogens with one attached hydrogen (secondary N) is 1. The SMILES string of the molecule is CCC(NC(=O)c1cc(C)n(C2CCCCC2)c1C)c1ccccc1OCC(=O)N(C)C. The van der Waals surface area contributed by atoms with Crippen LogP contribution < -0.4 is 10.1 Å². The normalized spacial score (nSPS) is 15.3. The lowest BCUT2D eigenvalue weighted by molar-refractivity contribution is -0.130. The second-order valence-corrected chi connectivity index (χ2v) is 9.00. The first-order chi connectivity index (χ1) is 15.3. The molecule has 0 spiro atoms. The minimum absolute atomic E-state index is 0.0308. The molecule has 1 unspecified atom stereocenters. The molecule has 1 atom stereocenters. The number of rotatable bonds is 8. The van der Waals surface area contributed by atoms with Gasteiger partial charge in [-0.15, -0.1) is 0 Å². The van der Waals surface area contributed by atoms with Crippen molar-refractivity contribution in [2.45, 2.75) is 71.4 Å². The lowest BCUT2D eigenvalue weighted by Crippen LogP contribution is -2.30. The number of ether oxygens (including phenoxy) is 1. The number of aromatic nitrogens is 1. The van der Waals surface area contributed by atoms with Crippen LogP contribution >= 0.6 is 0 Å². The zero-order valence-electron chi connectivity index (χ0n) is 20.1. The second-order valence-electron chi connectivity index (χ2n) is 9.00. The molecule has 1 N–H and O–H groups in total. The van der Waals surface area contributed by atoms with E-state index in [-0.39, 0.29) is 24.5 Å². The van der Waals surface area contributed by atoms with Crippen molar-refractivity contribution in [2.75, 3.05) is 20.7 Å². The molecule has 1 saturated carbocycles. The number of likely N-dealkylation sites (N-methyl/N-ethyl adjacent to an activating group) is 1. The van der Waals surface area contributed by atoms with Crippen molar-refractivity contribution < 1.29 is 14.3 Å². The Balaban J connectivity index is 1.78. The van der Waals surface area contributed by atoms with E-state index in [1.807, 2.05) is 37.3 Å². The number of para-hydroxylation sites is 1. The summed E-state index contributed by atoms with van der Waals surface area (Å²) in [5.74, 6) is 0.459. The number of carbonyl (C=O) groups excluding carboxylic acids is 2. The third-order valence-electron chi connectivity index (χ3n) is 6.53. The smallest absolute Gasteiger partial charge is 0.259 e. The van der Waals surface area contributed by atoms with Gasteiger partial charge in [-0.1, -0.05) is 44.4 Å². The minimum Gasteiger partial charge on any atom is -0.483 e. The highest BCUT2D eigenvalue weighted by Crippen LogP contribution is 2.33. The Hall–Kier alpha value is -2.76. The molecule has 3 rings (SSSR count). The van der Waals surface area contributed by atoms with E-state index in [0.29, 0.717) is 11.8 Å². The molecule has 1 aliphatic carbocycles. The average molecular weight is 440 g/mol. The molecule has 0 saturated heterocycles. The van der Waals surface area contributed by atoms with E-state index in [1.165, 1.54) is 37.0 Å². The molecule has 6 nitrogen and oxygen atoms in total. The third-order valence-corrected chi connectivity index (χ3v) is 6.53. The van der Waals surface area contributed by atoms with Crippen LogP contribution in [0.3, 0.4) is 0 Å². The maximum absolute atomic E-state index is 13.3. The van der Waals surface area contributed by atoms with Crippen LogP contribution in [-0.2, 0) is 4.79 Å². The molecule has 1 aromatic carbocycles. The van der Waals surface area contributed by atoms with Crippen molar-refractivity contribution in [3.8, 4) is 5.75 Å². The molecule has 1 heterocycles. The third kappa shape index (κ3) is 5.34. The molecule has 1 aromatic heterocycles. The van der Waals surface area contributed by atoms with Crippen molar-refractivity contribution in [2.24, 2.45) is 0 Å². The summed E-state index contributed by atoms with van der Waals surface area (Å²) in [5.41, 5.74) is 3.82. The van der Waals surface area contributed by atoms with Crippen molar-refractivity contribution in [1.82, 2.24) is 14.8 Å². The van der Waals surface area contributed by atoms with E-state index in [1.54, 1.807) is 14.1 Å². The Morgan fingerprint density at radius 3 is 2.50 bits per heavy atom. The standard InChI is InChI=1S/C26H37N3O3/c1-6-23(21-14-10-11-15-24(21)32-17-25(30)28(4)5)27-26(31)22-16-18(2)29(19(22)3)20-12-8-7-9-13-20/h10-11,14-16,20,23H,6-9,12-13,17H2,1-5H3,(H,27,31). The van der Waals surface area contributed by atoms with Crippen LogP contribution in [0.5, 0.6) is 5.75 Å². The molecule has 6 heteroatoms. The molecule has 1 aliphatic rings. The van der Waals surface area contributed by atoms with Gasteiger partial charge in [0.25, 0.3) is 11.8 Å². The van der Waals surface area contributed by atoms with Gasteiger partial charge in [0.2, 0.25) is 0 Å². The molecule has 32 heavy (non-hydrogen) atoms. The van der Waals surface area contributed by atoms with Gasteiger partial charge < -0.3 is 19.5 Å². The van der Waals surface area contributed by atoms with Gasteiger partial charge in [-0.25, -0.2) is 0 Å². The van der Waals surface area contributed by atoms with Gasteiger partial charge in [0, 0.05) is 37.1 Å². The summed E-state index contributed by atoms with van der Waals surface area (Å²) < 4.78 is 8.17. The summed E-state index contributed by atoms with van der Waals surface area (Å²) >= 11 is 0. The molecule has 2 aromatic rings. The van der Waals surface area contributed by atoms with Gasteiger partial charge in [0.05, 0.1) is 11.6 Å². The Kier molecular flexibility index (Phi) is 7.99. The number of amides is 2. The van der Waals surface area contributed by atoms with Crippen LogP contribution in [0.2, 0.25) is 0 Å². The largest absolute Gasteiger partial charge is 0.483 e. The fourth-order valence-electron chi connectivity index (χ4n) is 4.71. The summed E-state index contributed by atoms with van der Waals surface area (Å²) in [6, 6.07) is 9.92. The molecule has 1 fully saturated rings. The monoisotopic (exact) mass is 439 g/mol. The Morgan fingerprint density at radius 2 is 1.84 bits per heavy atom. The topological polar surface area (TPSA) is 63.6 Å². The van der Waals surface area contributed by atoms with E-state index in [2.05, 4.69) is 23.7 Å². The van der Waals surface area contributed by atoms with E-state index < -0.39 is 0 Å². The first kappa shape index (κ1) is 23.9. The maximum atomic E-state index is 13.3. The van der Waals surface area contributed by atoms with Crippen LogP contribution in [0.4, 0.5) is 0 Å². The number of nitrogens with zero attached hydrogens (tertiary/aromatic N) is 2. The minimum atomic E-state index is -0.203. The summed E-state index contributed by atoms with van der Waals surface area (Å²) in [6.45, 7) is 6.16. The van der Waals surface area contributed by atoms with Crippen LogP contribution in [0.15, 0.2) is 30.3 Å². The van der Waals surface area contributed by atoms with E-state index in [4.69, 9.17) is 4.74 Å². The molecule has 0 radical (unpaired) electrons. The average Bonchev–Trinajstić information content (AvgIpc) is 3.10. The van der Waals surface area contributed by atoms with E-state index >= 15 is 0 Å². The zero-order chi connectivity index (χ0) is 23.3. The van der Waals surface area contributed by atoms with Gasteiger partial charge in [0.1, 0.15) is 5.75 Å². The Morgan fingerprint density at radius 1 is 1.16 bits per heavy atom. The highest BCUT2D eigenvalue weighted by molar-refractivity contribution is 5.96. The number of hydrogen-bond donors (Lipinski definition) is 1. The number of carbonyl (C=O) groups is 2. The fraction of sp³-hybridized carbons (Fsp3) is 0.538. The molecular weight excluding hydrogens is 402 g/mol. The lowest BCUT2D eigenvalue weighted by atomic mass is 9.95. The first-order valence-corrected chi connectivity index (χ1v) is 11.7. The van der Waals surface area contributed by atoms with Crippen molar-refractivity contribution in [1.29, 1.82) is 0 Å².